The van der Waals surface area contributed by atoms with Crippen LogP contribution >= 0.6 is 0 Å². The van der Waals surface area contributed by atoms with Crippen LogP contribution in [0.1, 0.15) is 31.8 Å². The summed E-state index contributed by atoms with van der Waals surface area (Å²) in [6.45, 7) is 0.211. The average Bonchev–Trinajstić information content (AvgIpc) is 2.94. The smallest absolute Gasteiger partial charge is 0.261 e. The van der Waals surface area contributed by atoms with Crippen LogP contribution in [0.3, 0.4) is 0 Å². The molecule has 0 aliphatic carbocycles. The van der Waals surface area contributed by atoms with Crippen molar-refractivity contribution >= 4 is 11.8 Å². The van der Waals surface area contributed by atoms with Gasteiger partial charge in [0.05, 0.1) is 29.3 Å². The molecule has 1 heterocycles. The largest absolute Gasteiger partial charge is 0.270 e. The fraction of sp³-hybridized carbons (Fsp3) is 0.0455. The maximum Gasteiger partial charge on any atom is 0.261 e. The van der Waals surface area contributed by atoms with Crippen LogP contribution in [0.2, 0.25) is 0 Å². The molecular weight excluding hydrogens is 324 g/mol. The number of fused-ring (bicyclic) bond motifs is 1. The molecule has 3 aromatic carbocycles. The summed E-state index contributed by atoms with van der Waals surface area (Å²) < 4.78 is 0. The van der Waals surface area contributed by atoms with Crippen LogP contribution in [-0.4, -0.2) is 16.7 Å². The zero-order chi connectivity index (χ0) is 18.1. The molecule has 1 aliphatic rings. The van der Waals surface area contributed by atoms with Gasteiger partial charge in [0.2, 0.25) is 0 Å². The third-order valence-electron chi connectivity index (χ3n) is 4.55. The van der Waals surface area contributed by atoms with E-state index in [4.69, 9.17) is 5.26 Å². The lowest BCUT2D eigenvalue weighted by Gasteiger charge is -2.17. The highest BCUT2D eigenvalue weighted by molar-refractivity contribution is 6.21. The van der Waals surface area contributed by atoms with Crippen LogP contribution in [0.4, 0.5) is 0 Å². The lowest BCUT2D eigenvalue weighted by atomic mass is 9.98. The molecule has 0 unspecified atom stereocenters. The molecule has 1 aliphatic heterocycles. The fourth-order valence-corrected chi connectivity index (χ4v) is 3.22. The van der Waals surface area contributed by atoms with Gasteiger partial charge < -0.3 is 0 Å². The van der Waals surface area contributed by atoms with Crippen molar-refractivity contribution in [2.75, 3.05) is 0 Å². The molecule has 0 N–H and O–H groups in total. The summed E-state index contributed by atoms with van der Waals surface area (Å²) in [7, 11) is 0. The minimum Gasteiger partial charge on any atom is -0.270 e. The Morgan fingerprint density at radius 2 is 1.27 bits per heavy atom. The van der Waals surface area contributed by atoms with E-state index < -0.39 is 0 Å². The number of hydrogen-bond acceptors (Lipinski definition) is 3. The zero-order valence-corrected chi connectivity index (χ0v) is 13.8. The number of hydrogen-bond donors (Lipinski definition) is 0. The van der Waals surface area contributed by atoms with E-state index in [0.717, 1.165) is 16.7 Å². The third-order valence-corrected chi connectivity index (χ3v) is 4.55. The maximum absolute atomic E-state index is 12.6. The van der Waals surface area contributed by atoms with E-state index in [0.29, 0.717) is 16.7 Å². The summed E-state index contributed by atoms with van der Waals surface area (Å²) in [6, 6.07) is 23.9. The zero-order valence-electron chi connectivity index (χ0n) is 13.8. The molecule has 124 valence electrons. The number of carbonyl (C=O) groups is 2. The summed E-state index contributed by atoms with van der Waals surface area (Å²) in [5.41, 5.74) is 4.25. The van der Waals surface area contributed by atoms with E-state index >= 15 is 0 Å². The Morgan fingerprint density at radius 1 is 0.731 bits per heavy atom. The van der Waals surface area contributed by atoms with Gasteiger partial charge in [-0.15, -0.1) is 0 Å². The minimum atomic E-state index is -0.264. The lowest BCUT2D eigenvalue weighted by molar-refractivity contribution is 0.0642. The van der Waals surface area contributed by atoms with Crippen molar-refractivity contribution in [3.8, 4) is 17.2 Å². The number of rotatable bonds is 3. The minimum absolute atomic E-state index is 0.211. The van der Waals surface area contributed by atoms with Gasteiger partial charge in [0.15, 0.2) is 0 Å². The Labute approximate surface area is 150 Å². The van der Waals surface area contributed by atoms with Crippen LogP contribution in [0.5, 0.6) is 0 Å². The van der Waals surface area contributed by atoms with Gasteiger partial charge in [-0.1, -0.05) is 48.5 Å². The first kappa shape index (κ1) is 15.8. The van der Waals surface area contributed by atoms with Gasteiger partial charge in [0.1, 0.15) is 0 Å². The molecule has 26 heavy (non-hydrogen) atoms. The van der Waals surface area contributed by atoms with Crippen LogP contribution in [0.25, 0.3) is 11.1 Å². The first-order valence-corrected chi connectivity index (χ1v) is 8.22. The van der Waals surface area contributed by atoms with Gasteiger partial charge in [-0.2, -0.15) is 5.26 Å². The van der Waals surface area contributed by atoms with Gasteiger partial charge in [0.25, 0.3) is 11.8 Å². The predicted octanol–water partition coefficient (Wildman–Crippen LogP) is 4.02. The van der Waals surface area contributed by atoms with Crippen molar-refractivity contribution in [1.29, 1.82) is 5.26 Å². The van der Waals surface area contributed by atoms with E-state index in [1.165, 1.54) is 4.90 Å². The third kappa shape index (κ3) is 2.56. The number of nitriles is 1. The molecule has 0 spiro atoms. The lowest BCUT2D eigenvalue weighted by Crippen LogP contribution is -2.29. The maximum atomic E-state index is 12.6. The van der Waals surface area contributed by atoms with E-state index in [1.54, 1.807) is 36.4 Å². The molecule has 4 heteroatoms. The molecule has 0 radical (unpaired) electrons. The summed E-state index contributed by atoms with van der Waals surface area (Å²) in [6.07, 6.45) is 0. The van der Waals surface area contributed by atoms with Crippen molar-refractivity contribution in [3.63, 3.8) is 0 Å². The van der Waals surface area contributed by atoms with E-state index in [9.17, 15) is 9.59 Å². The Kier molecular flexibility index (Phi) is 3.83. The van der Waals surface area contributed by atoms with Crippen molar-refractivity contribution in [3.05, 3.63) is 95.1 Å². The molecule has 4 rings (SSSR count). The molecule has 0 fully saturated rings. The van der Waals surface area contributed by atoms with E-state index in [-0.39, 0.29) is 18.4 Å². The van der Waals surface area contributed by atoms with E-state index in [2.05, 4.69) is 6.07 Å². The van der Waals surface area contributed by atoms with Gasteiger partial charge in [-0.05, 0) is 41.0 Å². The Bertz CT molecular complexity index is 1030. The molecule has 2 amide bonds. The molecule has 0 aromatic heterocycles. The molecule has 3 aromatic rings. The SMILES string of the molecule is N#Cc1ccc(-c2ccccc2CN2C(=O)c3ccccc3C2=O)cc1. The Hall–Kier alpha value is -3.71. The number of carbonyl (C=O) groups excluding carboxylic acids is 2. The molecule has 4 nitrogen and oxygen atoms in total. The topological polar surface area (TPSA) is 61.2 Å². The number of amides is 2. The summed E-state index contributed by atoms with van der Waals surface area (Å²) in [5.74, 6) is -0.527. The van der Waals surface area contributed by atoms with Gasteiger partial charge in [-0.3, -0.25) is 14.5 Å². The molecular formula is C22H14N2O2. The first-order valence-electron chi connectivity index (χ1n) is 8.22. The van der Waals surface area contributed by atoms with Crippen LogP contribution in [0, 0.1) is 11.3 Å². The normalized spacial score (nSPS) is 12.8. The second-order valence-corrected chi connectivity index (χ2v) is 6.09. The van der Waals surface area contributed by atoms with Gasteiger partial charge >= 0.3 is 0 Å². The van der Waals surface area contributed by atoms with Crippen LogP contribution in [-0.2, 0) is 6.54 Å². The average molecular weight is 338 g/mol. The van der Waals surface area contributed by atoms with Crippen molar-refractivity contribution in [2.24, 2.45) is 0 Å². The quantitative estimate of drug-likeness (QED) is 0.678. The molecule has 0 atom stereocenters. The number of benzene rings is 3. The fourth-order valence-electron chi connectivity index (χ4n) is 3.22. The summed E-state index contributed by atoms with van der Waals surface area (Å²) in [5, 5.41) is 8.96. The number of nitrogens with zero attached hydrogens (tertiary/aromatic N) is 2. The monoisotopic (exact) mass is 338 g/mol. The molecule has 0 saturated heterocycles. The molecule has 0 saturated carbocycles. The van der Waals surface area contributed by atoms with Crippen LogP contribution < -0.4 is 0 Å². The van der Waals surface area contributed by atoms with Gasteiger partial charge in [0, 0.05) is 0 Å². The van der Waals surface area contributed by atoms with Crippen molar-refractivity contribution < 1.29 is 9.59 Å². The highest BCUT2D eigenvalue weighted by atomic mass is 16.2. The first-order chi connectivity index (χ1) is 12.7. The van der Waals surface area contributed by atoms with Crippen LogP contribution in [0.15, 0.2) is 72.8 Å². The van der Waals surface area contributed by atoms with Crippen molar-refractivity contribution in [1.82, 2.24) is 4.90 Å². The second-order valence-electron chi connectivity index (χ2n) is 6.09. The Balaban J connectivity index is 1.69. The predicted molar refractivity (Wildman–Crippen MR) is 97.2 cm³/mol. The Morgan fingerprint density at radius 3 is 1.85 bits per heavy atom. The highest BCUT2D eigenvalue weighted by Crippen LogP contribution is 2.29. The second kappa shape index (κ2) is 6.30. The number of imide groups is 1. The highest BCUT2D eigenvalue weighted by Gasteiger charge is 2.35. The molecule has 0 bridgehead atoms. The van der Waals surface area contributed by atoms with Crippen molar-refractivity contribution in [2.45, 2.75) is 6.54 Å². The van der Waals surface area contributed by atoms with E-state index in [1.807, 2.05) is 36.4 Å². The summed E-state index contributed by atoms with van der Waals surface area (Å²) in [4.78, 5) is 26.5. The standard InChI is InChI=1S/C22H14N2O2/c23-13-15-9-11-16(12-10-15)18-6-2-1-5-17(18)14-24-21(25)19-7-3-4-8-20(19)22(24)26/h1-12H,14H2. The van der Waals surface area contributed by atoms with Gasteiger partial charge in [-0.25, -0.2) is 0 Å². The summed E-state index contributed by atoms with van der Waals surface area (Å²) >= 11 is 0.